The highest BCUT2D eigenvalue weighted by Gasteiger charge is 2.14. The number of aryl methyl sites for hydroxylation is 2. The summed E-state index contributed by atoms with van der Waals surface area (Å²) in [6.07, 6.45) is 1.62. The molecule has 2 heterocycles. The quantitative estimate of drug-likeness (QED) is 0.905. The number of aromatic nitrogens is 3. The second kappa shape index (κ2) is 6.46. The number of anilines is 1. The molecule has 118 valence electrons. The third-order valence-electron chi connectivity index (χ3n) is 3.34. The van der Waals surface area contributed by atoms with E-state index in [1.54, 1.807) is 44.2 Å². The number of ether oxygens (including phenoxy) is 1. The van der Waals surface area contributed by atoms with Gasteiger partial charge in [0.2, 0.25) is 5.88 Å². The van der Waals surface area contributed by atoms with Crippen molar-refractivity contribution in [2.45, 2.75) is 13.5 Å². The molecule has 0 aliphatic rings. The first kappa shape index (κ1) is 15.8. The lowest BCUT2D eigenvalue weighted by Crippen LogP contribution is -2.21. The smallest absolute Gasteiger partial charge is 0.253 e. The van der Waals surface area contributed by atoms with Gasteiger partial charge in [0.15, 0.2) is 0 Å². The third-order valence-corrected chi connectivity index (χ3v) is 3.34. The van der Waals surface area contributed by atoms with Crippen molar-refractivity contribution in [1.82, 2.24) is 19.7 Å². The van der Waals surface area contributed by atoms with Gasteiger partial charge in [-0.25, -0.2) is 9.67 Å². The Kier molecular flexibility index (Phi) is 4.65. The fourth-order valence-corrected chi connectivity index (χ4v) is 2.24. The molecule has 0 aromatic carbocycles. The van der Waals surface area contributed by atoms with Crippen LogP contribution in [0.3, 0.4) is 0 Å². The number of rotatable bonds is 5. The monoisotopic (exact) mass is 303 g/mol. The largest absolute Gasteiger partial charge is 0.481 e. The van der Waals surface area contributed by atoms with E-state index < -0.39 is 0 Å². The van der Waals surface area contributed by atoms with Crippen LogP contribution < -0.4 is 10.1 Å². The van der Waals surface area contributed by atoms with Gasteiger partial charge in [0.1, 0.15) is 5.82 Å². The van der Waals surface area contributed by atoms with Gasteiger partial charge < -0.3 is 15.0 Å². The van der Waals surface area contributed by atoms with Gasteiger partial charge in [0.25, 0.3) is 5.91 Å². The number of carbonyl (C=O) groups is 1. The highest BCUT2D eigenvalue weighted by molar-refractivity contribution is 5.94. The summed E-state index contributed by atoms with van der Waals surface area (Å²) in [7, 11) is 6.90. The molecule has 2 aromatic rings. The van der Waals surface area contributed by atoms with Crippen LogP contribution >= 0.6 is 0 Å². The Bertz CT molecular complexity index is 679. The van der Waals surface area contributed by atoms with Crippen molar-refractivity contribution in [2.24, 2.45) is 7.05 Å². The van der Waals surface area contributed by atoms with Gasteiger partial charge in [-0.05, 0) is 19.1 Å². The van der Waals surface area contributed by atoms with E-state index in [9.17, 15) is 4.79 Å². The molecule has 22 heavy (non-hydrogen) atoms. The molecular formula is C15H21N5O2. The van der Waals surface area contributed by atoms with Crippen molar-refractivity contribution in [2.75, 3.05) is 26.5 Å². The highest BCUT2D eigenvalue weighted by Crippen LogP contribution is 2.22. The van der Waals surface area contributed by atoms with Gasteiger partial charge in [-0.2, -0.15) is 5.10 Å². The summed E-state index contributed by atoms with van der Waals surface area (Å²) in [4.78, 5) is 17.7. The minimum atomic E-state index is -0.0550. The minimum absolute atomic E-state index is 0.0550. The molecule has 0 aliphatic carbocycles. The summed E-state index contributed by atoms with van der Waals surface area (Å²) in [5.74, 6) is 1.30. The number of nitrogens with one attached hydrogen (secondary N) is 1. The molecular weight excluding hydrogens is 282 g/mol. The Labute approximate surface area is 129 Å². The second-order valence-corrected chi connectivity index (χ2v) is 5.18. The van der Waals surface area contributed by atoms with Gasteiger partial charge in [0.05, 0.1) is 18.4 Å². The molecule has 0 saturated carbocycles. The molecule has 1 amide bonds. The highest BCUT2D eigenvalue weighted by atomic mass is 16.5. The van der Waals surface area contributed by atoms with Crippen LogP contribution in [0.4, 0.5) is 5.82 Å². The first-order chi connectivity index (χ1) is 10.4. The molecule has 0 fully saturated rings. The summed E-state index contributed by atoms with van der Waals surface area (Å²) in [6.45, 7) is 2.45. The van der Waals surface area contributed by atoms with E-state index in [1.165, 1.54) is 4.90 Å². The van der Waals surface area contributed by atoms with Crippen LogP contribution in [0.15, 0.2) is 18.3 Å². The van der Waals surface area contributed by atoms with Gasteiger partial charge in [-0.15, -0.1) is 0 Å². The van der Waals surface area contributed by atoms with Gasteiger partial charge >= 0.3 is 0 Å². The van der Waals surface area contributed by atoms with Gasteiger partial charge in [-0.3, -0.25) is 4.79 Å². The first-order valence-corrected chi connectivity index (χ1v) is 6.92. The summed E-state index contributed by atoms with van der Waals surface area (Å²) in [6, 6.07) is 3.43. The fraction of sp³-hybridized carbons (Fsp3) is 0.400. The molecule has 0 aliphatic heterocycles. The zero-order chi connectivity index (χ0) is 16.3. The lowest BCUT2D eigenvalue weighted by molar-refractivity contribution is 0.0827. The lowest BCUT2D eigenvalue weighted by atomic mass is 10.2. The van der Waals surface area contributed by atoms with Crippen LogP contribution in [0.1, 0.15) is 21.6 Å². The SMILES string of the molecule is COc1c(CNc2cc(C(=O)N(C)C)ccn2)c(C)nn1C. The fourth-order valence-electron chi connectivity index (χ4n) is 2.24. The Morgan fingerprint density at radius 2 is 2.18 bits per heavy atom. The molecule has 0 saturated heterocycles. The maximum Gasteiger partial charge on any atom is 0.253 e. The summed E-state index contributed by atoms with van der Waals surface area (Å²) >= 11 is 0. The van der Waals surface area contributed by atoms with Crippen molar-refractivity contribution >= 4 is 11.7 Å². The van der Waals surface area contributed by atoms with Crippen molar-refractivity contribution in [3.8, 4) is 5.88 Å². The van der Waals surface area contributed by atoms with Crippen LogP contribution in [-0.4, -0.2) is 46.8 Å². The van der Waals surface area contributed by atoms with Crippen molar-refractivity contribution in [3.63, 3.8) is 0 Å². The zero-order valence-electron chi connectivity index (χ0n) is 13.5. The Hall–Kier alpha value is -2.57. The molecule has 7 nitrogen and oxygen atoms in total. The van der Waals surface area contributed by atoms with E-state index in [0.29, 0.717) is 23.8 Å². The normalized spacial score (nSPS) is 10.4. The average Bonchev–Trinajstić information content (AvgIpc) is 2.77. The van der Waals surface area contributed by atoms with Crippen LogP contribution in [0.2, 0.25) is 0 Å². The molecule has 0 atom stereocenters. The predicted octanol–water partition coefficient (Wildman–Crippen LogP) is 1.45. The summed E-state index contributed by atoms with van der Waals surface area (Å²) in [5.41, 5.74) is 2.46. The number of nitrogens with zero attached hydrogens (tertiary/aromatic N) is 4. The Morgan fingerprint density at radius 3 is 2.82 bits per heavy atom. The van der Waals surface area contributed by atoms with E-state index in [4.69, 9.17) is 4.74 Å². The number of hydrogen-bond acceptors (Lipinski definition) is 5. The van der Waals surface area contributed by atoms with Gasteiger partial charge in [-0.1, -0.05) is 0 Å². The Balaban J connectivity index is 2.16. The number of methoxy groups -OCH3 is 1. The van der Waals surface area contributed by atoms with Crippen LogP contribution in [0.5, 0.6) is 5.88 Å². The Morgan fingerprint density at radius 1 is 1.45 bits per heavy atom. The molecule has 1 N–H and O–H groups in total. The van der Waals surface area contributed by atoms with E-state index in [2.05, 4.69) is 15.4 Å². The second-order valence-electron chi connectivity index (χ2n) is 5.18. The van der Waals surface area contributed by atoms with E-state index in [1.807, 2.05) is 14.0 Å². The lowest BCUT2D eigenvalue weighted by Gasteiger charge is -2.12. The van der Waals surface area contributed by atoms with Crippen LogP contribution in [-0.2, 0) is 13.6 Å². The summed E-state index contributed by atoms with van der Waals surface area (Å²) < 4.78 is 7.06. The van der Waals surface area contributed by atoms with E-state index in [0.717, 1.165) is 11.3 Å². The molecule has 0 unspecified atom stereocenters. The maximum atomic E-state index is 12.0. The topological polar surface area (TPSA) is 72.3 Å². The molecule has 0 spiro atoms. The minimum Gasteiger partial charge on any atom is -0.481 e. The summed E-state index contributed by atoms with van der Waals surface area (Å²) in [5, 5.41) is 7.54. The zero-order valence-corrected chi connectivity index (χ0v) is 13.5. The van der Waals surface area contributed by atoms with Gasteiger partial charge in [0, 0.05) is 39.4 Å². The number of pyridine rings is 1. The predicted molar refractivity (Wildman–Crippen MR) is 84.1 cm³/mol. The van der Waals surface area contributed by atoms with Crippen molar-refractivity contribution in [1.29, 1.82) is 0 Å². The first-order valence-electron chi connectivity index (χ1n) is 6.92. The maximum absolute atomic E-state index is 12.0. The number of amides is 1. The standard InChI is InChI=1S/C15H21N5O2/c1-10-12(15(22-5)20(4)18-10)9-17-13-8-11(6-7-16-13)14(21)19(2)3/h6-8H,9H2,1-5H3,(H,16,17). The van der Waals surface area contributed by atoms with Crippen molar-refractivity contribution in [3.05, 3.63) is 35.2 Å². The van der Waals surface area contributed by atoms with Crippen molar-refractivity contribution < 1.29 is 9.53 Å². The number of carbonyl (C=O) groups excluding carboxylic acids is 1. The molecule has 2 rings (SSSR count). The van der Waals surface area contributed by atoms with E-state index >= 15 is 0 Å². The third kappa shape index (κ3) is 3.19. The molecule has 0 radical (unpaired) electrons. The van der Waals surface area contributed by atoms with Crippen LogP contribution in [0, 0.1) is 6.92 Å². The van der Waals surface area contributed by atoms with E-state index in [-0.39, 0.29) is 5.91 Å². The average molecular weight is 303 g/mol. The molecule has 0 bridgehead atoms. The van der Waals surface area contributed by atoms with Crippen LogP contribution in [0.25, 0.3) is 0 Å². The molecule has 7 heteroatoms. The number of hydrogen-bond donors (Lipinski definition) is 1. The molecule has 2 aromatic heterocycles.